The van der Waals surface area contributed by atoms with Gasteiger partial charge in [0.1, 0.15) is 6.21 Å². The lowest BCUT2D eigenvalue weighted by molar-refractivity contribution is 0.181. The third-order valence-electron chi connectivity index (χ3n) is 0.304. The molecule has 0 aromatic heterocycles. The predicted octanol–water partition coefficient (Wildman–Crippen LogP) is 0.519. The van der Waals surface area contributed by atoms with Crippen LogP contribution in [0, 0.1) is 12.3 Å². The monoisotopic (exact) mass is 96.0 g/mol. The first-order valence-electron chi connectivity index (χ1n) is 1.84. The normalized spacial score (nSPS) is 8.57. The molecule has 37 valence electrons. The van der Waals surface area contributed by atoms with Crippen LogP contribution < -0.4 is 0 Å². The Kier molecular flexibility index (Phi) is 4.33. The zero-order valence-corrected chi connectivity index (χ0v) is 4.14. The first kappa shape index (κ1) is 6.03. The second kappa shape index (κ2) is 5.03. The molecule has 0 fully saturated rings. The van der Waals surface area contributed by atoms with Crippen molar-refractivity contribution < 1.29 is 4.84 Å². The van der Waals surface area contributed by atoms with E-state index in [-0.39, 0.29) is 6.61 Å². The first-order chi connectivity index (χ1) is 3.41. The van der Waals surface area contributed by atoms with Crippen LogP contribution in [-0.4, -0.2) is 12.8 Å². The summed E-state index contributed by atoms with van der Waals surface area (Å²) in [4.78, 5) is 4.41. The van der Waals surface area contributed by atoms with Crippen LogP contribution in [0.4, 0.5) is 0 Å². The number of rotatable bonds is 2. The largest absolute Gasteiger partial charge is 0.382 e. The lowest BCUT2D eigenvalue weighted by atomic mass is 10.8. The van der Waals surface area contributed by atoms with Crippen LogP contribution >= 0.6 is 0 Å². The highest BCUT2D eigenvalue weighted by atomic mass is 16.6. The maximum absolute atomic E-state index is 4.81. The molecule has 0 bridgehead atoms. The first-order valence-corrected chi connectivity index (χ1v) is 1.84. The van der Waals surface area contributed by atoms with Crippen LogP contribution in [0.25, 0.3) is 0 Å². The van der Waals surface area contributed by atoms with Gasteiger partial charge in [0.25, 0.3) is 0 Å². The Hall–Kier alpha value is -0.970. The van der Waals surface area contributed by atoms with Crippen molar-refractivity contribution in [3.05, 3.63) is 0 Å². The average molecular weight is 96.1 g/mol. The van der Waals surface area contributed by atoms with E-state index in [4.69, 9.17) is 6.42 Å². The molecule has 0 atom stereocenters. The number of terminal acetylenes is 1. The van der Waals surface area contributed by atoms with Crippen molar-refractivity contribution in [2.75, 3.05) is 6.61 Å². The molecule has 0 aliphatic carbocycles. The van der Waals surface area contributed by atoms with Gasteiger partial charge in [0, 0.05) is 0 Å². The minimum absolute atomic E-state index is 0.223. The molecule has 2 heteroatoms. The zero-order chi connectivity index (χ0) is 5.54. The van der Waals surface area contributed by atoms with E-state index in [1.54, 1.807) is 6.92 Å². The standard InChI is InChI=1S/C5H6NO/c1-3-5-7-6-4-2/h1H,5H2,2H3. The lowest BCUT2D eigenvalue weighted by Crippen LogP contribution is -1.79. The van der Waals surface area contributed by atoms with E-state index in [9.17, 15) is 0 Å². The van der Waals surface area contributed by atoms with E-state index in [1.165, 1.54) is 0 Å². The van der Waals surface area contributed by atoms with Gasteiger partial charge in [0.15, 0.2) is 6.61 Å². The smallest absolute Gasteiger partial charge is 0.177 e. The Morgan fingerprint density at radius 3 is 3.00 bits per heavy atom. The molecule has 0 aromatic carbocycles. The van der Waals surface area contributed by atoms with Crippen LogP contribution in [0.1, 0.15) is 6.92 Å². The number of nitrogens with zero attached hydrogens (tertiary/aromatic N) is 1. The second-order valence-electron chi connectivity index (χ2n) is 0.792. The van der Waals surface area contributed by atoms with Gasteiger partial charge in [-0.25, -0.2) is 0 Å². The van der Waals surface area contributed by atoms with Crippen LogP contribution in [0.2, 0.25) is 0 Å². The predicted molar refractivity (Wildman–Crippen MR) is 27.9 cm³/mol. The molecule has 0 rings (SSSR count). The van der Waals surface area contributed by atoms with Gasteiger partial charge in [0.05, 0.1) is 0 Å². The third-order valence-corrected chi connectivity index (χ3v) is 0.304. The molecule has 0 saturated heterocycles. The van der Waals surface area contributed by atoms with Crippen LogP contribution in [-0.2, 0) is 4.84 Å². The summed E-state index contributed by atoms with van der Waals surface area (Å²) in [6, 6.07) is 0. The highest BCUT2D eigenvalue weighted by molar-refractivity contribution is 5.52. The minimum atomic E-state index is 0.223. The molecular weight excluding hydrogens is 90.1 g/mol. The molecule has 0 heterocycles. The van der Waals surface area contributed by atoms with Gasteiger partial charge >= 0.3 is 0 Å². The van der Waals surface area contributed by atoms with Gasteiger partial charge in [-0.1, -0.05) is 11.1 Å². The van der Waals surface area contributed by atoms with Crippen molar-refractivity contribution in [2.24, 2.45) is 5.16 Å². The summed E-state index contributed by atoms with van der Waals surface area (Å²) in [6.07, 6.45) is 7.22. The molecule has 7 heavy (non-hydrogen) atoms. The molecule has 0 aliphatic rings. The van der Waals surface area contributed by atoms with Crippen molar-refractivity contribution in [1.82, 2.24) is 0 Å². The fourth-order valence-electron chi connectivity index (χ4n) is 0.134. The molecule has 0 saturated carbocycles. The summed E-state index contributed by atoms with van der Waals surface area (Å²) in [6.45, 7) is 1.86. The van der Waals surface area contributed by atoms with E-state index < -0.39 is 0 Å². The van der Waals surface area contributed by atoms with Crippen LogP contribution in [0.15, 0.2) is 5.16 Å². The fraction of sp³-hybridized carbons (Fsp3) is 0.400. The Bertz CT molecular complexity index is 90.7. The molecule has 2 nitrogen and oxygen atoms in total. The number of hydrogen-bond acceptors (Lipinski definition) is 2. The van der Waals surface area contributed by atoms with E-state index >= 15 is 0 Å². The maximum atomic E-state index is 4.81. The highest BCUT2D eigenvalue weighted by Gasteiger charge is 1.66. The van der Waals surface area contributed by atoms with Crippen molar-refractivity contribution in [3.8, 4) is 12.3 Å². The minimum Gasteiger partial charge on any atom is -0.382 e. The van der Waals surface area contributed by atoms with E-state index in [2.05, 4.69) is 22.1 Å². The van der Waals surface area contributed by atoms with Crippen molar-refractivity contribution >= 4 is 6.21 Å². The maximum Gasteiger partial charge on any atom is 0.177 e. The summed E-state index contributed by atoms with van der Waals surface area (Å²) >= 11 is 0. The Morgan fingerprint density at radius 1 is 1.86 bits per heavy atom. The van der Waals surface area contributed by atoms with E-state index in [0.29, 0.717) is 0 Å². The van der Waals surface area contributed by atoms with Crippen LogP contribution in [0.3, 0.4) is 0 Å². The average Bonchev–Trinajstić information content (AvgIpc) is 1.69. The Morgan fingerprint density at radius 2 is 2.57 bits per heavy atom. The summed E-state index contributed by atoms with van der Waals surface area (Å²) in [7, 11) is 0. The molecule has 0 amide bonds. The van der Waals surface area contributed by atoms with Crippen molar-refractivity contribution in [3.63, 3.8) is 0 Å². The van der Waals surface area contributed by atoms with Crippen molar-refractivity contribution in [1.29, 1.82) is 0 Å². The molecule has 0 spiro atoms. The van der Waals surface area contributed by atoms with Gasteiger partial charge in [-0.15, -0.1) is 6.42 Å². The summed E-state index contributed by atoms with van der Waals surface area (Å²) in [5.41, 5.74) is 0. The SMILES string of the molecule is C#CCO/N=[C]\C. The molecule has 0 aliphatic heterocycles. The van der Waals surface area contributed by atoms with E-state index in [1.807, 2.05) is 0 Å². The fourth-order valence-corrected chi connectivity index (χ4v) is 0.134. The second-order valence-corrected chi connectivity index (χ2v) is 0.792. The zero-order valence-electron chi connectivity index (χ0n) is 4.14. The molecule has 0 N–H and O–H groups in total. The lowest BCUT2D eigenvalue weighted by Gasteiger charge is -1.83. The molecule has 0 aromatic rings. The van der Waals surface area contributed by atoms with Gasteiger partial charge in [-0.05, 0) is 6.92 Å². The van der Waals surface area contributed by atoms with Gasteiger partial charge in [-0.2, -0.15) is 0 Å². The van der Waals surface area contributed by atoms with Gasteiger partial charge in [-0.3, -0.25) is 0 Å². The highest BCUT2D eigenvalue weighted by Crippen LogP contribution is 1.68. The quantitative estimate of drug-likeness (QED) is 0.212. The van der Waals surface area contributed by atoms with Gasteiger partial charge in [0.2, 0.25) is 0 Å². The Balaban J connectivity index is 2.87. The summed E-state index contributed by atoms with van der Waals surface area (Å²) in [5, 5.41) is 3.27. The summed E-state index contributed by atoms with van der Waals surface area (Å²) in [5.74, 6) is 2.25. The number of hydrogen-bond donors (Lipinski definition) is 0. The Labute approximate surface area is 43.2 Å². The van der Waals surface area contributed by atoms with Gasteiger partial charge < -0.3 is 4.84 Å². The third kappa shape index (κ3) is 5.03. The molecular formula is C5H6NO. The van der Waals surface area contributed by atoms with Crippen molar-refractivity contribution in [2.45, 2.75) is 6.92 Å². The molecule has 1 radical (unpaired) electrons. The molecule has 0 unspecified atom stereocenters. The van der Waals surface area contributed by atoms with Crippen LogP contribution in [0.5, 0.6) is 0 Å². The topological polar surface area (TPSA) is 21.6 Å². The van der Waals surface area contributed by atoms with E-state index in [0.717, 1.165) is 0 Å². The summed E-state index contributed by atoms with van der Waals surface area (Å²) < 4.78 is 0.